The van der Waals surface area contributed by atoms with Gasteiger partial charge in [0.25, 0.3) is 5.56 Å². The van der Waals surface area contributed by atoms with Crippen molar-refractivity contribution in [1.29, 1.82) is 0 Å². The molecular weight excluding hydrogens is 510 g/mol. The Morgan fingerprint density at radius 1 is 1.05 bits per heavy atom. The number of hydrogen-bond donors (Lipinski definition) is 1. The van der Waals surface area contributed by atoms with Crippen molar-refractivity contribution in [3.63, 3.8) is 0 Å². The molecule has 0 unspecified atom stereocenters. The molecular formula is C27H27N3O5S2. The largest absolute Gasteiger partial charge is 0.494 e. The number of anilines is 1. The second kappa shape index (κ2) is 12.1. The first-order valence-corrected chi connectivity index (χ1v) is 13.6. The summed E-state index contributed by atoms with van der Waals surface area (Å²) in [5, 5.41) is 3.65. The minimum Gasteiger partial charge on any atom is -0.494 e. The van der Waals surface area contributed by atoms with Crippen LogP contribution >= 0.6 is 23.1 Å². The normalized spacial score (nSPS) is 10.9. The fraction of sp³-hybridized carbons (Fsp3) is 0.259. The molecule has 1 N–H and O–H groups in total. The first-order chi connectivity index (χ1) is 17.9. The van der Waals surface area contributed by atoms with Crippen LogP contribution in [0.2, 0.25) is 0 Å². The Labute approximate surface area is 222 Å². The van der Waals surface area contributed by atoms with E-state index >= 15 is 0 Å². The van der Waals surface area contributed by atoms with Gasteiger partial charge in [-0.2, -0.15) is 0 Å². The van der Waals surface area contributed by atoms with Crippen LogP contribution in [-0.4, -0.2) is 40.4 Å². The summed E-state index contributed by atoms with van der Waals surface area (Å²) in [6.45, 7) is 6.47. The average Bonchev–Trinajstić information content (AvgIpc) is 3.23. The number of hydrogen-bond acceptors (Lipinski definition) is 8. The maximum absolute atomic E-state index is 13.6. The Kier molecular flexibility index (Phi) is 8.62. The standard InChI is InChI=1S/C27H27N3O5S2/c1-4-34-20-13-11-19(12-14-20)28-21(31)16-36-27-29-24-22(17(3)23(37-24)26(33)35-5-2)25(32)30(27)15-18-9-7-6-8-10-18/h6-14H,4-5,15-16H2,1-3H3,(H,28,31). The van der Waals surface area contributed by atoms with Crippen molar-refractivity contribution < 1.29 is 19.1 Å². The molecule has 0 radical (unpaired) electrons. The molecule has 1 amide bonds. The molecule has 0 saturated carbocycles. The van der Waals surface area contributed by atoms with E-state index in [9.17, 15) is 14.4 Å². The Balaban J connectivity index is 1.63. The topological polar surface area (TPSA) is 99.5 Å². The molecule has 0 saturated heterocycles. The molecule has 0 aliphatic carbocycles. The van der Waals surface area contributed by atoms with Gasteiger partial charge in [0.1, 0.15) is 15.5 Å². The molecule has 0 aliphatic heterocycles. The number of thiophene rings is 1. The molecule has 0 spiro atoms. The molecule has 10 heteroatoms. The van der Waals surface area contributed by atoms with Gasteiger partial charge in [-0.25, -0.2) is 9.78 Å². The van der Waals surface area contributed by atoms with Crippen LogP contribution in [0, 0.1) is 6.92 Å². The van der Waals surface area contributed by atoms with Gasteiger partial charge in [-0.05, 0) is 56.2 Å². The first kappa shape index (κ1) is 26.4. The van der Waals surface area contributed by atoms with E-state index in [0.717, 1.165) is 22.6 Å². The molecule has 2 aromatic carbocycles. The Bertz CT molecular complexity index is 1460. The summed E-state index contributed by atoms with van der Waals surface area (Å²) in [6.07, 6.45) is 0. The molecule has 2 heterocycles. The van der Waals surface area contributed by atoms with Crippen LogP contribution in [0.5, 0.6) is 5.75 Å². The molecule has 4 aromatic rings. The van der Waals surface area contributed by atoms with Gasteiger partial charge in [-0.15, -0.1) is 11.3 Å². The summed E-state index contributed by atoms with van der Waals surface area (Å²) in [4.78, 5) is 44.3. The second-order valence-corrected chi connectivity index (χ2v) is 9.96. The van der Waals surface area contributed by atoms with Gasteiger partial charge in [0.2, 0.25) is 5.91 Å². The minimum atomic E-state index is -0.471. The van der Waals surface area contributed by atoms with E-state index in [-0.39, 0.29) is 30.4 Å². The lowest BCUT2D eigenvalue weighted by molar-refractivity contribution is -0.113. The molecule has 37 heavy (non-hydrogen) atoms. The first-order valence-electron chi connectivity index (χ1n) is 11.8. The number of amides is 1. The van der Waals surface area contributed by atoms with E-state index in [0.29, 0.717) is 38.1 Å². The van der Waals surface area contributed by atoms with Gasteiger partial charge in [0.05, 0.1) is 30.9 Å². The number of aromatic nitrogens is 2. The number of benzene rings is 2. The fourth-order valence-corrected chi connectivity index (χ4v) is 5.65. The van der Waals surface area contributed by atoms with Gasteiger partial charge < -0.3 is 14.8 Å². The lowest BCUT2D eigenvalue weighted by Gasteiger charge is -2.12. The Morgan fingerprint density at radius 2 is 1.78 bits per heavy atom. The quantitative estimate of drug-likeness (QED) is 0.170. The maximum atomic E-state index is 13.6. The monoisotopic (exact) mass is 537 g/mol. The summed E-state index contributed by atoms with van der Waals surface area (Å²) in [5.74, 6) is 0.0747. The molecule has 4 rings (SSSR count). The third-order valence-corrected chi connectivity index (χ3v) is 7.58. The number of rotatable bonds is 10. The van der Waals surface area contributed by atoms with Crippen molar-refractivity contribution >= 4 is 50.9 Å². The van der Waals surface area contributed by atoms with Crippen molar-refractivity contribution in [3.05, 3.63) is 81.0 Å². The number of thioether (sulfide) groups is 1. The van der Waals surface area contributed by atoms with Crippen LogP contribution in [-0.2, 0) is 16.1 Å². The van der Waals surface area contributed by atoms with Crippen LogP contribution < -0.4 is 15.6 Å². The van der Waals surface area contributed by atoms with E-state index in [1.54, 1.807) is 42.7 Å². The number of carbonyl (C=O) groups is 2. The van der Waals surface area contributed by atoms with Crippen LogP contribution in [0.1, 0.15) is 34.6 Å². The summed E-state index contributed by atoms with van der Waals surface area (Å²) in [7, 11) is 0. The Hall–Kier alpha value is -3.63. The molecule has 8 nitrogen and oxygen atoms in total. The molecule has 0 atom stereocenters. The number of fused-ring (bicyclic) bond motifs is 1. The summed E-state index contributed by atoms with van der Waals surface area (Å²) in [5.41, 5.74) is 1.87. The van der Waals surface area contributed by atoms with Gasteiger partial charge >= 0.3 is 5.97 Å². The highest BCUT2D eigenvalue weighted by Crippen LogP contribution is 2.30. The third kappa shape index (κ3) is 6.20. The zero-order valence-electron chi connectivity index (χ0n) is 20.8. The summed E-state index contributed by atoms with van der Waals surface area (Å²) >= 11 is 2.31. The van der Waals surface area contributed by atoms with E-state index in [4.69, 9.17) is 14.5 Å². The zero-order chi connectivity index (χ0) is 26.4. The van der Waals surface area contributed by atoms with E-state index in [2.05, 4.69) is 5.32 Å². The average molecular weight is 538 g/mol. The number of esters is 1. The number of ether oxygens (including phenoxy) is 2. The number of aryl methyl sites for hydroxylation is 1. The van der Waals surface area contributed by atoms with Crippen LogP contribution in [0.3, 0.4) is 0 Å². The van der Waals surface area contributed by atoms with Gasteiger partial charge in [-0.3, -0.25) is 14.2 Å². The highest BCUT2D eigenvalue weighted by molar-refractivity contribution is 7.99. The third-order valence-electron chi connectivity index (χ3n) is 5.44. The SMILES string of the molecule is CCOC(=O)c1sc2nc(SCC(=O)Nc3ccc(OCC)cc3)n(Cc3ccccc3)c(=O)c2c1C. The Morgan fingerprint density at radius 3 is 2.46 bits per heavy atom. The van der Waals surface area contributed by atoms with Crippen molar-refractivity contribution in [2.45, 2.75) is 32.5 Å². The minimum absolute atomic E-state index is 0.0506. The molecule has 0 bridgehead atoms. The maximum Gasteiger partial charge on any atom is 0.348 e. The summed E-state index contributed by atoms with van der Waals surface area (Å²) < 4.78 is 12.1. The highest BCUT2D eigenvalue weighted by Gasteiger charge is 2.23. The van der Waals surface area contributed by atoms with Crippen LogP contribution in [0.25, 0.3) is 10.2 Å². The lowest BCUT2D eigenvalue weighted by Crippen LogP contribution is -2.25. The number of carbonyl (C=O) groups excluding carboxylic acids is 2. The van der Waals surface area contributed by atoms with Crippen LogP contribution in [0.4, 0.5) is 5.69 Å². The number of nitrogens with zero attached hydrogens (tertiary/aromatic N) is 2. The van der Waals surface area contributed by atoms with E-state index in [1.165, 1.54) is 11.8 Å². The highest BCUT2D eigenvalue weighted by atomic mass is 32.2. The van der Waals surface area contributed by atoms with Gasteiger partial charge in [0.15, 0.2) is 5.16 Å². The predicted molar refractivity (Wildman–Crippen MR) is 147 cm³/mol. The molecule has 192 valence electrons. The zero-order valence-corrected chi connectivity index (χ0v) is 22.4. The molecule has 2 aromatic heterocycles. The smallest absolute Gasteiger partial charge is 0.348 e. The summed E-state index contributed by atoms with van der Waals surface area (Å²) in [6, 6.07) is 16.7. The van der Waals surface area contributed by atoms with Gasteiger partial charge in [0, 0.05) is 5.69 Å². The van der Waals surface area contributed by atoms with Gasteiger partial charge in [-0.1, -0.05) is 42.1 Å². The molecule has 0 aliphatic rings. The van der Waals surface area contributed by atoms with E-state index in [1.807, 2.05) is 37.3 Å². The predicted octanol–water partition coefficient (Wildman–Crippen LogP) is 5.12. The van der Waals surface area contributed by atoms with Crippen molar-refractivity contribution in [3.8, 4) is 5.75 Å². The molecule has 0 fully saturated rings. The van der Waals surface area contributed by atoms with Crippen LogP contribution in [0.15, 0.2) is 64.5 Å². The van der Waals surface area contributed by atoms with Crippen molar-refractivity contribution in [2.24, 2.45) is 0 Å². The number of nitrogens with one attached hydrogen (secondary N) is 1. The second-order valence-electron chi connectivity index (χ2n) is 8.02. The van der Waals surface area contributed by atoms with E-state index < -0.39 is 5.97 Å². The van der Waals surface area contributed by atoms with Crippen molar-refractivity contribution in [2.75, 3.05) is 24.3 Å². The fourth-order valence-electron chi connectivity index (χ4n) is 3.73. The lowest BCUT2D eigenvalue weighted by atomic mass is 10.2. The van der Waals surface area contributed by atoms with Crippen molar-refractivity contribution in [1.82, 2.24) is 9.55 Å².